The lowest BCUT2D eigenvalue weighted by Gasteiger charge is -2.26. The molecule has 0 atom stereocenters. The van der Waals surface area contributed by atoms with Gasteiger partial charge in [0.1, 0.15) is 0 Å². The van der Waals surface area contributed by atoms with E-state index < -0.39 is 0 Å². The van der Waals surface area contributed by atoms with E-state index in [2.05, 4.69) is 217 Å². The second-order valence-corrected chi connectivity index (χ2v) is 14.2. The summed E-state index contributed by atoms with van der Waals surface area (Å²) in [7, 11) is 0. The smallest absolute Gasteiger partial charge is 0.0973 e. The van der Waals surface area contributed by atoms with E-state index in [1.807, 2.05) is 12.1 Å². The monoisotopic (exact) mass is 727 g/mol. The molecule has 0 saturated heterocycles. The number of hydrogen-bond donors (Lipinski definition) is 0. The molecule has 0 N–H and O–H groups in total. The Morgan fingerprint density at radius 1 is 0.281 bits per heavy atom. The van der Waals surface area contributed by atoms with Crippen LogP contribution in [0.25, 0.3) is 77.7 Å². The van der Waals surface area contributed by atoms with E-state index in [-0.39, 0.29) is 0 Å². The Labute approximate surface area is 332 Å². The number of rotatable bonds is 8. The van der Waals surface area contributed by atoms with Crippen molar-refractivity contribution in [3.63, 3.8) is 0 Å². The lowest BCUT2D eigenvalue weighted by atomic mass is 9.99. The molecule has 57 heavy (non-hydrogen) atoms. The fourth-order valence-electron chi connectivity index (χ4n) is 7.76. The molecule has 10 aromatic rings. The fourth-order valence-corrected chi connectivity index (χ4v) is 7.76. The SMILES string of the molecule is c1ccc(-c2ccc(N(c3ccc(-c4ccc5c(ccc6nc(-c7ccccc7)c(-c7ccccc7)nc65)c4)cc3)c3cccc(-c4ccccc4)c3)cc2)cc1. The zero-order valence-corrected chi connectivity index (χ0v) is 31.2. The van der Waals surface area contributed by atoms with Gasteiger partial charge in [-0.05, 0) is 87.3 Å². The van der Waals surface area contributed by atoms with Gasteiger partial charge in [-0.25, -0.2) is 9.97 Å². The summed E-state index contributed by atoms with van der Waals surface area (Å²) in [5.41, 5.74) is 16.0. The second-order valence-electron chi connectivity index (χ2n) is 14.2. The minimum absolute atomic E-state index is 0.881. The highest BCUT2D eigenvalue weighted by molar-refractivity contribution is 6.06. The first-order valence-corrected chi connectivity index (χ1v) is 19.3. The molecule has 0 aliphatic rings. The average molecular weight is 728 g/mol. The Bertz CT molecular complexity index is 2960. The van der Waals surface area contributed by atoms with Gasteiger partial charge in [0.25, 0.3) is 0 Å². The average Bonchev–Trinajstić information content (AvgIpc) is 3.30. The van der Waals surface area contributed by atoms with Crippen LogP contribution in [0.2, 0.25) is 0 Å². The predicted octanol–water partition coefficient (Wildman–Crippen LogP) is 14.6. The van der Waals surface area contributed by atoms with Crippen molar-refractivity contribution in [1.29, 1.82) is 0 Å². The highest BCUT2D eigenvalue weighted by Crippen LogP contribution is 2.39. The molecule has 0 unspecified atom stereocenters. The summed E-state index contributed by atoms with van der Waals surface area (Å²) in [6, 6.07) is 79.3. The van der Waals surface area contributed by atoms with Gasteiger partial charge in [-0.3, -0.25) is 0 Å². The minimum atomic E-state index is 0.881. The van der Waals surface area contributed by atoms with E-state index in [1.165, 1.54) is 22.3 Å². The van der Waals surface area contributed by atoms with Gasteiger partial charge in [0.15, 0.2) is 0 Å². The lowest BCUT2D eigenvalue weighted by molar-refractivity contribution is 1.28. The van der Waals surface area contributed by atoms with Gasteiger partial charge in [-0.2, -0.15) is 0 Å². The standard InChI is InChI=1S/C54H37N3/c1-5-14-38(15-6-1)40-24-30-47(31-25-40)57(49-23-13-22-44(37-49)39-16-7-2-8-17-39)48-32-26-41(27-33-48)45-28-34-50-46(36-45)29-35-51-54(50)56-53(43-20-11-4-12-21-43)52(55-51)42-18-9-3-10-19-42/h1-37H. The van der Waals surface area contributed by atoms with E-state index in [0.29, 0.717) is 0 Å². The molecular weight excluding hydrogens is 691 g/mol. The molecule has 0 radical (unpaired) electrons. The predicted molar refractivity (Wildman–Crippen MR) is 239 cm³/mol. The summed E-state index contributed by atoms with van der Waals surface area (Å²) in [5.74, 6) is 0. The van der Waals surface area contributed by atoms with E-state index in [4.69, 9.17) is 9.97 Å². The van der Waals surface area contributed by atoms with Gasteiger partial charge in [-0.15, -0.1) is 0 Å². The maximum atomic E-state index is 5.32. The van der Waals surface area contributed by atoms with Crippen LogP contribution >= 0.6 is 0 Å². The topological polar surface area (TPSA) is 29.0 Å². The van der Waals surface area contributed by atoms with Gasteiger partial charge >= 0.3 is 0 Å². The van der Waals surface area contributed by atoms with Crippen molar-refractivity contribution in [2.45, 2.75) is 0 Å². The zero-order valence-electron chi connectivity index (χ0n) is 31.2. The molecule has 0 saturated carbocycles. The maximum Gasteiger partial charge on any atom is 0.0973 e. The number of fused-ring (bicyclic) bond motifs is 3. The summed E-state index contributed by atoms with van der Waals surface area (Å²) in [6.45, 7) is 0. The zero-order chi connectivity index (χ0) is 38.0. The lowest BCUT2D eigenvalue weighted by Crippen LogP contribution is -2.10. The summed E-state index contributed by atoms with van der Waals surface area (Å²) in [6.07, 6.45) is 0. The largest absolute Gasteiger partial charge is 0.310 e. The summed E-state index contributed by atoms with van der Waals surface area (Å²) >= 11 is 0. The van der Waals surface area contributed by atoms with Crippen molar-refractivity contribution in [2.75, 3.05) is 4.90 Å². The molecule has 0 bridgehead atoms. The molecule has 0 aliphatic carbocycles. The Hall–Kier alpha value is -7.62. The van der Waals surface area contributed by atoms with E-state index in [0.717, 1.165) is 72.5 Å². The van der Waals surface area contributed by atoms with Gasteiger partial charge in [-0.1, -0.05) is 176 Å². The van der Waals surface area contributed by atoms with Crippen LogP contribution in [0.15, 0.2) is 224 Å². The Balaban J connectivity index is 1.03. The molecule has 0 spiro atoms. The molecular formula is C54H37N3. The van der Waals surface area contributed by atoms with Gasteiger partial charge < -0.3 is 4.90 Å². The number of aromatic nitrogens is 2. The first-order valence-electron chi connectivity index (χ1n) is 19.3. The van der Waals surface area contributed by atoms with Crippen molar-refractivity contribution in [3.05, 3.63) is 224 Å². The van der Waals surface area contributed by atoms with Crippen LogP contribution in [0.4, 0.5) is 17.1 Å². The molecule has 3 heteroatoms. The van der Waals surface area contributed by atoms with Crippen LogP contribution in [0.5, 0.6) is 0 Å². The van der Waals surface area contributed by atoms with Crippen LogP contribution in [0, 0.1) is 0 Å². The molecule has 10 rings (SSSR count). The maximum absolute atomic E-state index is 5.32. The molecule has 268 valence electrons. The summed E-state index contributed by atoms with van der Waals surface area (Å²) < 4.78 is 0. The summed E-state index contributed by atoms with van der Waals surface area (Å²) in [4.78, 5) is 12.9. The molecule has 3 nitrogen and oxygen atoms in total. The quantitative estimate of drug-likeness (QED) is 0.146. The van der Waals surface area contributed by atoms with Crippen LogP contribution in [0.3, 0.4) is 0 Å². The first kappa shape index (κ1) is 33.9. The van der Waals surface area contributed by atoms with Crippen LogP contribution < -0.4 is 4.90 Å². The van der Waals surface area contributed by atoms with E-state index >= 15 is 0 Å². The van der Waals surface area contributed by atoms with Gasteiger partial charge in [0, 0.05) is 33.6 Å². The molecule has 0 fully saturated rings. The summed E-state index contributed by atoms with van der Waals surface area (Å²) in [5, 5.41) is 2.21. The number of nitrogens with zero attached hydrogens (tertiary/aromatic N) is 3. The third-order valence-corrected chi connectivity index (χ3v) is 10.6. The third kappa shape index (κ3) is 6.73. The van der Waals surface area contributed by atoms with Crippen molar-refractivity contribution in [2.24, 2.45) is 0 Å². The highest BCUT2D eigenvalue weighted by Gasteiger charge is 2.17. The first-order chi connectivity index (χ1) is 28.2. The Kier molecular flexibility index (Phi) is 8.86. The highest BCUT2D eigenvalue weighted by atomic mass is 15.1. The normalized spacial score (nSPS) is 11.2. The number of hydrogen-bond acceptors (Lipinski definition) is 3. The van der Waals surface area contributed by atoms with Crippen molar-refractivity contribution in [1.82, 2.24) is 9.97 Å². The molecule has 9 aromatic carbocycles. The Morgan fingerprint density at radius 3 is 1.30 bits per heavy atom. The van der Waals surface area contributed by atoms with Crippen molar-refractivity contribution < 1.29 is 0 Å². The van der Waals surface area contributed by atoms with E-state index in [1.54, 1.807) is 0 Å². The fraction of sp³-hybridized carbons (Fsp3) is 0. The molecule has 0 amide bonds. The molecule has 1 aromatic heterocycles. The van der Waals surface area contributed by atoms with Crippen molar-refractivity contribution >= 4 is 38.9 Å². The van der Waals surface area contributed by atoms with E-state index in [9.17, 15) is 0 Å². The van der Waals surface area contributed by atoms with Gasteiger partial charge in [0.05, 0.1) is 22.4 Å². The van der Waals surface area contributed by atoms with Crippen LogP contribution in [0.1, 0.15) is 0 Å². The molecule has 1 heterocycles. The van der Waals surface area contributed by atoms with Gasteiger partial charge in [0.2, 0.25) is 0 Å². The van der Waals surface area contributed by atoms with Crippen molar-refractivity contribution in [3.8, 4) is 55.9 Å². The second kappa shape index (κ2) is 14.9. The minimum Gasteiger partial charge on any atom is -0.310 e. The number of benzene rings is 9. The molecule has 0 aliphatic heterocycles. The third-order valence-electron chi connectivity index (χ3n) is 10.6. The number of anilines is 3. The van der Waals surface area contributed by atoms with Crippen LogP contribution in [-0.2, 0) is 0 Å². The van der Waals surface area contributed by atoms with Crippen LogP contribution in [-0.4, -0.2) is 9.97 Å². The Morgan fingerprint density at radius 2 is 0.719 bits per heavy atom.